The van der Waals surface area contributed by atoms with Crippen molar-refractivity contribution < 1.29 is 27.8 Å². The summed E-state index contributed by atoms with van der Waals surface area (Å²) in [4.78, 5) is 11.7. The third kappa shape index (κ3) is 7.06. The summed E-state index contributed by atoms with van der Waals surface area (Å²) < 4.78 is 41.3. The van der Waals surface area contributed by atoms with E-state index in [0.29, 0.717) is 32.0 Å². The summed E-state index contributed by atoms with van der Waals surface area (Å²) >= 11 is 8.96. The molecule has 0 bridgehead atoms. The lowest BCUT2D eigenvalue weighted by Gasteiger charge is -2.22. The van der Waals surface area contributed by atoms with E-state index in [1.54, 1.807) is 25.3 Å². The average Bonchev–Trinajstić information content (AvgIpc) is 3.24. The second kappa shape index (κ2) is 12.6. The molecule has 0 saturated carbocycles. The molecule has 0 aliphatic heterocycles. The zero-order valence-corrected chi connectivity index (χ0v) is 24.8. The predicted molar refractivity (Wildman–Crippen MR) is 157 cm³/mol. The summed E-state index contributed by atoms with van der Waals surface area (Å²) in [6, 6.07) is 18.3. The fourth-order valence-electron chi connectivity index (χ4n) is 4.03. The maximum absolute atomic E-state index is 14.0. The minimum Gasteiger partial charge on any atom is -0.497 e. The molecule has 1 N–H and O–H groups in total. The Kier molecular flexibility index (Phi) is 9.45. The number of thiophene rings is 1. The highest BCUT2D eigenvalue weighted by Crippen LogP contribution is 2.37. The molecule has 0 aliphatic rings. The Bertz CT molecular complexity index is 1590. The molecule has 0 spiro atoms. The molecule has 0 atom stereocenters. The van der Waals surface area contributed by atoms with Gasteiger partial charge in [0.1, 0.15) is 15.7 Å². The van der Waals surface area contributed by atoms with E-state index in [-0.39, 0.29) is 13.1 Å². The number of carboxylic acid groups (broad SMARTS) is 1. The number of rotatable bonds is 12. The van der Waals surface area contributed by atoms with Crippen LogP contribution in [0.4, 0.5) is 0 Å². The lowest BCUT2D eigenvalue weighted by molar-refractivity contribution is -0.139. The number of methoxy groups -OCH3 is 1. The van der Waals surface area contributed by atoms with E-state index < -0.39 is 22.6 Å². The molecule has 0 saturated heterocycles. The van der Waals surface area contributed by atoms with Gasteiger partial charge in [-0.1, -0.05) is 23.7 Å². The van der Waals surface area contributed by atoms with Crippen molar-refractivity contribution >= 4 is 60.8 Å². The van der Waals surface area contributed by atoms with Gasteiger partial charge in [0, 0.05) is 33.5 Å². The van der Waals surface area contributed by atoms with Crippen LogP contribution in [0, 0.1) is 13.8 Å². The minimum atomic E-state index is -3.82. The Balaban J connectivity index is 1.57. The van der Waals surface area contributed by atoms with E-state index in [0.717, 1.165) is 26.1 Å². The van der Waals surface area contributed by atoms with Crippen LogP contribution in [0.5, 0.6) is 11.5 Å². The Morgan fingerprint density at radius 1 is 1.08 bits per heavy atom. The molecular weight excluding hydrogens is 578 g/mol. The Labute approximate surface area is 241 Å². The van der Waals surface area contributed by atoms with Gasteiger partial charge in [-0.25, -0.2) is 13.2 Å². The molecule has 0 radical (unpaired) electrons. The van der Waals surface area contributed by atoms with Crippen LogP contribution in [-0.4, -0.2) is 49.8 Å². The number of nitrogens with zero attached hydrogens (tertiary/aromatic N) is 1. The molecule has 4 aromatic rings. The number of halogens is 1. The third-order valence-electron chi connectivity index (χ3n) is 6.05. The van der Waals surface area contributed by atoms with Gasteiger partial charge in [0.05, 0.1) is 7.11 Å². The summed E-state index contributed by atoms with van der Waals surface area (Å²) in [5.41, 5.74) is 2.35. The van der Waals surface area contributed by atoms with Crippen LogP contribution in [-0.2, 0) is 21.4 Å². The van der Waals surface area contributed by atoms with Gasteiger partial charge < -0.3 is 14.6 Å². The molecule has 4 rings (SSSR count). The highest BCUT2D eigenvalue weighted by atomic mass is 35.5. The number of thioether (sulfide) groups is 1. The predicted octanol–water partition coefficient (Wildman–Crippen LogP) is 6.63. The van der Waals surface area contributed by atoms with Crippen molar-refractivity contribution in [2.45, 2.75) is 29.5 Å². The van der Waals surface area contributed by atoms with Gasteiger partial charge in [-0.3, -0.25) is 0 Å². The molecule has 7 nitrogen and oxygen atoms in total. The molecule has 3 aromatic carbocycles. The lowest BCUT2D eigenvalue weighted by atomic mass is 10.2. The standard InChI is InChI=1S/C28H28ClNO6S3/c1-18-14-23(9-10-25(18)36-17-27(31)32)37-13-12-30(16-20-4-7-22(35-3)8-5-20)39(33,34)28-19(2)24-15-21(29)6-11-26(24)38-28/h4-11,14-15H,12-13,16-17H2,1-3H3,(H,31,32). The minimum absolute atomic E-state index is 0.211. The smallest absolute Gasteiger partial charge is 0.341 e. The van der Waals surface area contributed by atoms with E-state index in [1.807, 2.05) is 56.3 Å². The lowest BCUT2D eigenvalue weighted by Crippen LogP contribution is -2.32. The SMILES string of the molecule is COc1ccc(CN(CCSc2ccc(OCC(=O)O)c(C)c2)S(=O)(=O)c2sc3ccc(Cl)cc3c2C)cc1. The first-order valence-electron chi connectivity index (χ1n) is 12.0. The van der Waals surface area contributed by atoms with Crippen LogP contribution in [0.2, 0.25) is 5.02 Å². The van der Waals surface area contributed by atoms with E-state index in [2.05, 4.69) is 0 Å². The van der Waals surface area contributed by atoms with Crippen molar-refractivity contribution in [1.82, 2.24) is 4.31 Å². The molecule has 0 amide bonds. The largest absolute Gasteiger partial charge is 0.497 e. The fourth-order valence-corrected chi connectivity index (χ4v) is 8.60. The number of hydrogen-bond acceptors (Lipinski definition) is 7. The van der Waals surface area contributed by atoms with Gasteiger partial charge >= 0.3 is 5.97 Å². The summed E-state index contributed by atoms with van der Waals surface area (Å²) in [6.07, 6.45) is 0. The zero-order chi connectivity index (χ0) is 28.2. The van der Waals surface area contributed by atoms with Gasteiger partial charge in [0.25, 0.3) is 10.0 Å². The average molecular weight is 606 g/mol. The van der Waals surface area contributed by atoms with Crippen molar-refractivity contribution in [2.75, 3.05) is 26.0 Å². The summed E-state index contributed by atoms with van der Waals surface area (Å²) in [7, 11) is -2.23. The zero-order valence-electron chi connectivity index (χ0n) is 21.6. The molecule has 206 valence electrons. The Morgan fingerprint density at radius 3 is 2.49 bits per heavy atom. The maximum Gasteiger partial charge on any atom is 0.341 e. The topological polar surface area (TPSA) is 93.1 Å². The van der Waals surface area contributed by atoms with Crippen molar-refractivity contribution in [1.29, 1.82) is 0 Å². The van der Waals surface area contributed by atoms with Crippen molar-refractivity contribution in [3.63, 3.8) is 0 Å². The third-order valence-corrected chi connectivity index (χ3v) is 11.0. The first-order valence-corrected chi connectivity index (χ1v) is 15.6. The van der Waals surface area contributed by atoms with Crippen LogP contribution < -0.4 is 9.47 Å². The van der Waals surface area contributed by atoms with Gasteiger partial charge in [-0.2, -0.15) is 4.31 Å². The van der Waals surface area contributed by atoms with Gasteiger partial charge in [0.2, 0.25) is 0 Å². The molecule has 0 aliphatic carbocycles. The van der Waals surface area contributed by atoms with E-state index in [1.165, 1.54) is 27.4 Å². The molecule has 39 heavy (non-hydrogen) atoms. The second-order valence-electron chi connectivity index (χ2n) is 8.80. The van der Waals surface area contributed by atoms with E-state index in [9.17, 15) is 13.2 Å². The van der Waals surface area contributed by atoms with E-state index in [4.69, 9.17) is 26.2 Å². The van der Waals surface area contributed by atoms with Crippen LogP contribution in [0.15, 0.2) is 69.8 Å². The molecular formula is C28H28ClNO6S3. The second-order valence-corrected chi connectivity index (χ2v) is 13.6. The molecule has 0 unspecified atom stereocenters. The van der Waals surface area contributed by atoms with Crippen LogP contribution in [0.25, 0.3) is 10.1 Å². The van der Waals surface area contributed by atoms with Gasteiger partial charge in [-0.05, 0) is 84.5 Å². The maximum atomic E-state index is 14.0. The van der Waals surface area contributed by atoms with Crippen LogP contribution >= 0.6 is 34.7 Å². The number of carboxylic acids is 1. The number of hydrogen-bond donors (Lipinski definition) is 1. The quantitative estimate of drug-likeness (QED) is 0.181. The molecule has 1 aromatic heterocycles. The van der Waals surface area contributed by atoms with Gasteiger partial charge in [-0.15, -0.1) is 23.1 Å². The number of fused-ring (bicyclic) bond motifs is 1. The highest BCUT2D eigenvalue weighted by molar-refractivity contribution is 7.99. The van der Waals surface area contributed by atoms with Crippen LogP contribution in [0.3, 0.4) is 0 Å². The highest BCUT2D eigenvalue weighted by Gasteiger charge is 2.29. The fraction of sp³-hybridized carbons (Fsp3) is 0.250. The summed E-state index contributed by atoms with van der Waals surface area (Å²) in [5.74, 6) is 0.681. The Hall–Kier alpha value is -2.76. The summed E-state index contributed by atoms with van der Waals surface area (Å²) in [5, 5.41) is 10.2. The number of sulfonamides is 1. The number of ether oxygens (including phenoxy) is 2. The molecule has 0 fully saturated rings. The number of carbonyl (C=O) groups is 1. The molecule has 11 heteroatoms. The van der Waals surface area contributed by atoms with Gasteiger partial charge in [0.15, 0.2) is 6.61 Å². The van der Waals surface area contributed by atoms with E-state index >= 15 is 0 Å². The first-order chi connectivity index (χ1) is 18.6. The van der Waals surface area contributed by atoms with Crippen LogP contribution in [0.1, 0.15) is 16.7 Å². The summed E-state index contributed by atoms with van der Waals surface area (Å²) in [6.45, 7) is 3.75. The molecule has 1 heterocycles. The van der Waals surface area contributed by atoms with Crippen molar-refractivity contribution in [2.24, 2.45) is 0 Å². The number of benzene rings is 3. The normalized spacial score (nSPS) is 11.7. The van der Waals surface area contributed by atoms with Crippen molar-refractivity contribution in [3.05, 3.63) is 82.4 Å². The Morgan fingerprint density at radius 2 is 1.82 bits per heavy atom. The first kappa shape index (κ1) is 29.2. The number of aliphatic carboxylic acids is 1. The number of aryl methyl sites for hydroxylation is 2. The van der Waals surface area contributed by atoms with Crippen molar-refractivity contribution in [3.8, 4) is 11.5 Å². The monoisotopic (exact) mass is 605 g/mol.